The van der Waals surface area contributed by atoms with Gasteiger partial charge >= 0.3 is 5.97 Å². The molecule has 0 spiro atoms. The first-order valence-electron chi connectivity index (χ1n) is 13.6. The summed E-state index contributed by atoms with van der Waals surface area (Å²) >= 11 is 0. The van der Waals surface area contributed by atoms with E-state index in [0.717, 1.165) is 28.1 Å². The largest absolute Gasteiger partial charge is 0.479 e. The molecule has 1 aliphatic heterocycles. The van der Waals surface area contributed by atoms with Crippen LogP contribution in [0.4, 0.5) is 0 Å². The average molecular weight is 586 g/mol. The lowest BCUT2D eigenvalue weighted by molar-refractivity contribution is -0.138. The Bertz CT molecular complexity index is 1630. The number of nitrogens with zero attached hydrogens (tertiary/aromatic N) is 4. The molecule has 1 aliphatic rings. The maximum atomic E-state index is 13.4. The zero-order valence-corrected chi connectivity index (χ0v) is 23.8. The third-order valence-electron chi connectivity index (χ3n) is 7.02. The molecule has 4 aromatic rings. The van der Waals surface area contributed by atoms with E-state index in [1.165, 1.54) is 0 Å². The third kappa shape index (κ3) is 6.96. The van der Waals surface area contributed by atoms with E-state index in [4.69, 9.17) is 9.84 Å². The molecule has 13 heteroatoms. The van der Waals surface area contributed by atoms with Crippen molar-refractivity contribution in [3.63, 3.8) is 0 Å². The predicted molar refractivity (Wildman–Crippen MR) is 154 cm³/mol. The highest BCUT2D eigenvalue weighted by Gasteiger charge is 2.50. The fourth-order valence-corrected chi connectivity index (χ4v) is 4.67. The number of amides is 3. The smallest absolute Gasteiger partial charge is 0.336 e. The molecule has 0 aliphatic carbocycles. The highest BCUT2D eigenvalue weighted by molar-refractivity contribution is 5.96. The SMILES string of the molecule is C[C@@H](NC(=O)c1ccccc1CCC(=O)NNC(=O)[C@H]1O[C@@H]1C(=O)O)c1cc(-c2ccn(C)n2)cc(-c2ccn(C)n2)c1. The zero-order chi connectivity index (χ0) is 30.7. The molecule has 13 nitrogen and oxygen atoms in total. The summed E-state index contributed by atoms with van der Waals surface area (Å²) in [6, 6.07) is 16.5. The average Bonchev–Trinajstić information content (AvgIpc) is 3.51. The number of carbonyl (C=O) groups is 4. The summed E-state index contributed by atoms with van der Waals surface area (Å²) in [5.74, 6) is -2.79. The lowest BCUT2D eigenvalue weighted by atomic mass is 9.97. The first-order chi connectivity index (χ1) is 20.6. The molecule has 0 unspecified atom stereocenters. The summed E-state index contributed by atoms with van der Waals surface area (Å²) in [6.07, 6.45) is 1.62. The van der Waals surface area contributed by atoms with Gasteiger partial charge in [-0.2, -0.15) is 10.2 Å². The molecular formula is C30H31N7O6. The first kappa shape index (κ1) is 29.2. The summed E-state index contributed by atoms with van der Waals surface area (Å²) in [4.78, 5) is 48.5. The second-order valence-corrected chi connectivity index (χ2v) is 10.3. The van der Waals surface area contributed by atoms with Crippen molar-refractivity contribution in [2.45, 2.75) is 38.0 Å². The van der Waals surface area contributed by atoms with Crippen molar-refractivity contribution in [3.05, 3.63) is 83.7 Å². The van der Waals surface area contributed by atoms with Crippen molar-refractivity contribution in [1.29, 1.82) is 0 Å². The molecule has 0 bridgehead atoms. The van der Waals surface area contributed by atoms with Crippen LogP contribution in [0.2, 0.25) is 0 Å². The Morgan fingerprint density at radius 2 is 1.53 bits per heavy atom. The molecular weight excluding hydrogens is 554 g/mol. The van der Waals surface area contributed by atoms with Crippen molar-refractivity contribution >= 4 is 23.7 Å². The van der Waals surface area contributed by atoms with Gasteiger partial charge < -0.3 is 15.2 Å². The number of rotatable bonds is 10. The number of ether oxygens (including phenoxy) is 1. The van der Waals surface area contributed by atoms with Gasteiger partial charge in [-0.05, 0) is 60.9 Å². The Hall–Kier alpha value is -5.30. The Kier molecular flexibility index (Phi) is 8.34. The molecule has 2 aromatic carbocycles. The number of aliphatic carboxylic acids is 1. The molecule has 43 heavy (non-hydrogen) atoms. The number of carboxylic acids is 1. The quantitative estimate of drug-likeness (QED) is 0.161. The predicted octanol–water partition coefficient (Wildman–Crippen LogP) is 1.91. The number of carboxylic acid groups (broad SMARTS) is 1. The highest BCUT2D eigenvalue weighted by Crippen LogP contribution is 2.29. The van der Waals surface area contributed by atoms with Gasteiger partial charge in [-0.1, -0.05) is 18.2 Å². The standard InChI is InChI=1S/C30H31N7O6/c1-17(19-14-20(23-10-12-36(2)34-23)16-21(15-19)24-11-13-37(3)35-24)31-28(39)22-7-5-4-6-18(22)8-9-25(38)32-33-29(40)26-27(43-26)30(41)42/h4-7,10-17,26-27H,8-9H2,1-3H3,(H,31,39)(H,32,38)(H,33,40)(H,41,42)/t17-,26+,27+/m1/s1. The van der Waals surface area contributed by atoms with E-state index in [1.807, 2.05) is 63.7 Å². The topological polar surface area (TPSA) is 173 Å². The van der Waals surface area contributed by atoms with Crippen LogP contribution in [0, 0.1) is 0 Å². The molecule has 222 valence electrons. The van der Waals surface area contributed by atoms with Crippen LogP contribution in [-0.4, -0.2) is 60.6 Å². The van der Waals surface area contributed by atoms with Crippen LogP contribution in [0.1, 0.15) is 40.9 Å². The number of hydrogen-bond donors (Lipinski definition) is 4. The van der Waals surface area contributed by atoms with Crippen molar-refractivity contribution in [1.82, 2.24) is 35.7 Å². The highest BCUT2D eigenvalue weighted by atomic mass is 16.6. The number of aromatic nitrogens is 4. The van der Waals surface area contributed by atoms with E-state index in [0.29, 0.717) is 11.1 Å². The summed E-state index contributed by atoms with van der Waals surface area (Å²) in [7, 11) is 3.71. The first-order valence-corrected chi connectivity index (χ1v) is 13.6. The molecule has 3 amide bonds. The number of hydrazine groups is 1. The lowest BCUT2D eigenvalue weighted by Crippen LogP contribution is -2.44. The van der Waals surface area contributed by atoms with E-state index in [2.05, 4.69) is 26.4 Å². The monoisotopic (exact) mass is 585 g/mol. The Labute approximate surface area is 246 Å². The molecule has 1 fully saturated rings. The van der Waals surface area contributed by atoms with Crippen molar-refractivity contribution in [2.24, 2.45) is 14.1 Å². The maximum absolute atomic E-state index is 13.4. The second-order valence-electron chi connectivity index (χ2n) is 10.3. The fourth-order valence-electron chi connectivity index (χ4n) is 4.67. The molecule has 0 radical (unpaired) electrons. The van der Waals surface area contributed by atoms with E-state index < -0.39 is 30.0 Å². The number of carbonyl (C=O) groups excluding carboxylic acids is 3. The summed E-state index contributed by atoms with van der Waals surface area (Å²) in [5, 5.41) is 21.0. The molecule has 3 atom stereocenters. The Balaban J connectivity index is 1.26. The van der Waals surface area contributed by atoms with Crippen LogP contribution in [0.15, 0.2) is 67.0 Å². The van der Waals surface area contributed by atoms with Gasteiger partial charge in [0, 0.05) is 49.6 Å². The van der Waals surface area contributed by atoms with Crippen LogP contribution in [0.3, 0.4) is 0 Å². The molecule has 3 heterocycles. The van der Waals surface area contributed by atoms with Crippen molar-refractivity contribution < 1.29 is 29.0 Å². The van der Waals surface area contributed by atoms with Gasteiger partial charge in [0.1, 0.15) is 0 Å². The zero-order valence-electron chi connectivity index (χ0n) is 23.8. The van der Waals surface area contributed by atoms with Crippen molar-refractivity contribution in [3.8, 4) is 22.5 Å². The van der Waals surface area contributed by atoms with Gasteiger partial charge in [0.05, 0.1) is 17.4 Å². The van der Waals surface area contributed by atoms with Crippen LogP contribution >= 0.6 is 0 Å². The van der Waals surface area contributed by atoms with Gasteiger partial charge in [-0.15, -0.1) is 0 Å². The fraction of sp³-hybridized carbons (Fsp3) is 0.267. The van der Waals surface area contributed by atoms with Crippen molar-refractivity contribution in [2.75, 3.05) is 0 Å². The normalized spacial score (nSPS) is 16.3. The van der Waals surface area contributed by atoms with Gasteiger partial charge in [0.2, 0.25) is 5.91 Å². The number of hydrogen-bond acceptors (Lipinski definition) is 7. The van der Waals surface area contributed by atoms with Crippen LogP contribution in [-0.2, 0) is 39.6 Å². The number of nitrogens with one attached hydrogen (secondary N) is 3. The molecule has 0 saturated carbocycles. The van der Waals surface area contributed by atoms with Gasteiger partial charge in [0.25, 0.3) is 11.8 Å². The second kappa shape index (κ2) is 12.3. The molecule has 1 saturated heterocycles. The minimum Gasteiger partial charge on any atom is -0.479 e. The minimum absolute atomic E-state index is 0.0203. The van der Waals surface area contributed by atoms with E-state index in [9.17, 15) is 19.2 Å². The summed E-state index contributed by atoms with van der Waals surface area (Å²) in [6.45, 7) is 1.90. The molecule has 4 N–H and O–H groups in total. The van der Waals surface area contributed by atoms with E-state index in [1.54, 1.807) is 33.6 Å². The number of epoxide rings is 1. The summed E-state index contributed by atoms with van der Waals surface area (Å²) in [5.41, 5.74) is 9.75. The van der Waals surface area contributed by atoms with Gasteiger partial charge in [-0.25, -0.2) is 4.79 Å². The summed E-state index contributed by atoms with van der Waals surface area (Å²) < 4.78 is 8.21. The van der Waals surface area contributed by atoms with Crippen LogP contribution < -0.4 is 16.2 Å². The van der Waals surface area contributed by atoms with E-state index in [-0.39, 0.29) is 24.8 Å². The number of aryl methyl sites for hydroxylation is 3. The third-order valence-corrected chi connectivity index (χ3v) is 7.02. The number of benzene rings is 2. The Morgan fingerprint density at radius 1 is 0.907 bits per heavy atom. The van der Waals surface area contributed by atoms with E-state index >= 15 is 0 Å². The molecule has 5 rings (SSSR count). The lowest BCUT2D eigenvalue weighted by Gasteiger charge is -2.18. The van der Waals surface area contributed by atoms with Gasteiger partial charge in [0.15, 0.2) is 12.2 Å². The Morgan fingerprint density at radius 3 is 2.09 bits per heavy atom. The maximum Gasteiger partial charge on any atom is 0.336 e. The minimum atomic E-state index is -1.25. The van der Waals surface area contributed by atoms with Gasteiger partial charge in [-0.3, -0.25) is 34.6 Å². The van der Waals surface area contributed by atoms with Crippen LogP contribution in [0.5, 0.6) is 0 Å². The molecule has 2 aromatic heterocycles. The van der Waals surface area contributed by atoms with Crippen LogP contribution in [0.25, 0.3) is 22.5 Å².